The lowest BCUT2D eigenvalue weighted by molar-refractivity contribution is 0.590. The third-order valence-corrected chi connectivity index (χ3v) is 18.9. The molecular formula is C91H126Cl2S2. The van der Waals surface area contributed by atoms with Crippen molar-refractivity contribution in [3.63, 3.8) is 0 Å². The monoisotopic (exact) mass is 1350 g/mol. The average Bonchev–Trinajstić information content (AvgIpc) is 1.61. The van der Waals surface area contributed by atoms with Crippen LogP contribution in [0.2, 0.25) is 10.0 Å². The molecule has 0 atom stereocenters. The van der Waals surface area contributed by atoms with Gasteiger partial charge in [0.25, 0.3) is 0 Å². The topological polar surface area (TPSA) is 0 Å². The van der Waals surface area contributed by atoms with Crippen LogP contribution in [0.15, 0.2) is 224 Å². The average molecular weight is 1360 g/mol. The van der Waals surface area contributed by atoms with Gasteiger partial charge in [-0.3, -0.25) is 0 Å². The molecule has 0 saturated carbocycles. The summed E-state index contributed by atoms with van der Waals surface area (Å²) in [6.45, 7) is 59.8. The molecule has 8 aromatic carbocycles. The van der Waals surface area contributed by atoms with E-state index in [1.807, 2.05) is 46.9 Å². The van der Waals surface area contributed by atoms with Gasteiger partial charge in [0.1, 0.15) is 0 Å². The molecule has 0 radical (unpaired) electrons. The molecule has 10 aromatic rings. The van der Waals surface area contributed by atoms with Crippen LogP contribution in [0.3, 0.4) is 0 Å². The second-order valence-electron chi connectivity index (χ2n) is 32.6. The minimum atomic E-state index is 0. The predicted octanol–water partition coefficient (Wildman–Crippen LogP) is 30.3. The van der Waals surface area contributed by atoms with Gasteiger partial charge in [-0.1, -0.05) is 403 Å². The van der Waals surface area contributed by atoms with Crippen LogP contribution in [-0.4, -0.2) is 0 Å². The van der Waals surface area contributed by atoms with E-state index in [1.54, 1.807) is 0 Å². The van der Waals surface area contributed by atoms with Gasteiger partial charge in [0.05, 0.1) is 10.0 Å². The van der Waals surface area contributed by atoms with Crippen LogP contribution in [0, 0.1) is 20.8 Å². The van der Waals surface area contributed by atoms with Crippen LogP contribution in [0.5, 0.6) is 0 Å². The quantitative estimate of drug-likeness (QED) is 0.154. The van der Waals surface area contributed by atoms with Gasteiger partial charge in [0, 0.05) is 14.6 Å². The van der Waals surface area contributed by atoms with E-state index >= 15 is 0 Å². The molecule has 0 aliphatic carbocycles. The molecule has 0 aliphatic heterocycles. The van der Waals surface area contributed by atoms with E-state index in [-0.39, 0.29) is 41.9 Å². The number of benzene rings is 8. The Morgan fingerprint density at radius 1 is 0.253 bits per heavy atom. The van der Waals surface area contributed by atoms with Gasteiger partial charge in [-0.2, -0.15) is 0 Å². The number of thiophene rings is 2. The van der Waals surface area contributed by atoms with E-state index in [4.69, 9.17) is 23.2 Å². The van der Waals surface area contributed by atoms with E-state index in [0.29, 0.717) is 26.3 Å². The Morgan fingerprint density at radius 2 is 0.589 bits per heavy atom. The van der Waals surface area contributed by atoms with Crippen molar-refractivity contribution in [2.24, 2.45) is 0 Å². The molecule has 2 aromatic heterocycles. The normalized spacial score (nSPS) is 11.5. The second kappa shape index (κ2) is 38.2. The molecule has 0 saturated heterocycles. The first-order valence-electron chi connectivity index (χ1n) is 33.2. The fraction of sp³-hybridized carbons (Fsp3) is 0.407. The Labute approximate surface area is 601 Å². The van der Waals surface area contributed by atoms with Crippen LogP contribution >= 0.6 is 45.9 Å². The largest absolute Gasteiger partial charge is 0.148 e. The smallest absolute Gasteiger partial charge is 0.0595 e. The summed E-state index contributed by atoms with van der Waals surface area (Å²) in [5.41, 5.74) is 15.6. The lowest BCUT2D eigenvalue weighted by atomic mass is 9.86. The summed E-state index contributed by atoms with van der Waals surface area (Å²) in [6.07, 6.45) is 0. The van der Waals surface area contributed by atoms with Gasteiger partial charge >= 0.3 is 0 Å². The van der Waals surface area contributed by atoms with Crippen LogP contribution < -0.4 is 0 Å². The van der Waals surface area contributed by atoms with Crippen molar-refractivity contribution in [2.45, 2.75) is 245 Å². The highest BCUT2D eigenvalue weighted by molar-refractivity contribution is 7.12. The molecule has 0 nitrogen and oxygen atoms in total. The zero-order valence-corrected chi connectivity index (χ0v) is 65.6. The number of fused-ring (bicyclic) bond motifs is 1. The summed E-state index contributed by atoms with van der Waals surface area (Å²) in [4.78, 5) is 4.34. The Bertz CT molecular complexity index is 3620. The summed E-state index contributed by atoms with van der Waals surface area (Å²) in [5, 5.41) is 6.02. The van der Waals surface area contributed by atoms with Crippen LogP contribution in [-0.2, 0) is 43.3 Å². The Balaban J connectivity index is 0.000000545. The van der Waals surface area contributed by atoms with Crippen molar-refractivity contribution in [3.05, 3.63) is 293 Å². The maximum absolute atomic E-state index is 5.89. The first kappa shape index (κ1) is 87.0. The van der Waals surface area contributed by atoms with E-state index in [1.165, 1.54) is 81.0 Å². The van der Waals surface area contributed by atoms with Gasteiger partial charge in [0.15, 0.2) is 0 Å². The first-order chi connectivity index (χ1) is 42.8. The summed E-state index contributed by atoms with van der Waals surface area (Å²) in [6, 6.07) is 77.1. The second-order valence-corrected chi connectivity index (χ2v) is 35.7. The third-order valence-electron chi connectivity index (χ3n) is 15.5. The molecule has 2 heterocycles. The molecule has 0 spiro atoms. The minimum Gasteiger partial charge on any atom is -0.148 e. The van der Waals surface area contributed by atoms with E-state index < -0.39 is 0 Å². The molecule has 10 rings (SSSR count). The molecule has 0 N–H and O–H groups in total. The zero-order valence-electron chi connectivity index (χ0n) is 62.4. The lowest BCUT2D eigenvalue weighted by Crippen LogP contribution is -2.10. The van der Waals surface area contributed by atoms with Gasteiger partial charge in [-0.25, -0.2) is 0 Å². The number of hydrogen-bond acceptors (Lipinski definition) is 2. The summed E-state index contributed by atoms with van der Waals surface area (Å²) in [5.74, 6) is 0. The highest BCUT2D eigenvalue weighted by Gasteiger charge is 2.19. The minimum absolute atomic E-state index is 0. The zero-order chi connectivity index (χ0) is 70.4. The third kappa shape index (κ3) is 32.7. The molecule has 95 heavy (non-hydrogen) atoms. The maximum atomic E-state index is 5.89. The number of halogens is 2. The summed E-state index contributed by atoms with van der Waals surface area (Å²) in [7, 11) is 0. The molecule has 0 unspecified atom stereocenters. The van der Waals surface area contributed by atoms with Crippen LogP contribution in [0.4, 0.5) is 0 Å². The summed E-state index contributed by atoms with van der Waals surface area (Å²) >= 11 is 15.4. The molecule has 0 aliphatic rings. The van der Waals surface area contributed by atoms with Crippen molar-refractivity contribution in [2.75, 3.05) is 0 Å². The molecule has 0 bridgehead atoms. The van der Waals surface area contributed by atoms with Crippen molar-refractivity contribution in [1.29, 1.82) is 0 Å². The first-order valence-corrected chi connectivity index (χ1v) is 35.6. The number of hydrogen-bond donors (Lipinski definition) is 0. The standard InChI is InChI=1S/C16H18.C14H16.2C11H16.C10H12Cl2.C10H14.C9H14S.C8H12S.2CH4/c1-16(2,3)15-11-9-14(10-12-15)13-7-5-4-6-8-13;1-14(2,3)13-9-8-11-6-4-5-7-12(11)10-13;2*1-9-5-7-10(8-6-9)11(2,3)4;1-10(2,3)7-4-5-8(11)9(12)6-7;1-10(2,3)9-7-5-4-6-8-9;1-7-5-6-8(10-7)9(2,3)4;1-8(2,3)7-5-4-6-9-7;;/h4-12H,1-3H3;4-10H,1-3H3;2*5-8H,1-4H3;4-6H,1-3H3;4-8H,1-3H3;5-6H,1-4H3;4-6H,1-3H3;2*1H4. The van der Waals surface area contributed by atoms with E-state index in [0.717, 1.165) is 0 Å². The number of rotatable bonds is 1. The highest BCUT2D eigenvalue weighted by Crippen LogP contribution is 2.33. The molecule has 4 heteroatoms. The fourth-order valence-corrected chi connectivity index (χ4v) is 11.0. The molecule has 516 valence electrons. The fourth-order valence-electron chi connectivity index (χ4n) is 9.00. The Morgan fingerprint density at radius 3 is 0.916 bits per heavy atom. The van der Waals surface area contributed by atoms with Crippen LogP contribution in [0.25, 0.3) is 21.9 Å². The lowest BCUT2D eigenvalue weighted by Gasteiger charge is -2.19. The molecular weight excluding hydrogens is 1230 g/mol. The van der Waals surface area contributed by atoms with E-state index in [2.05, 4.69) is 386 Å². The highest BCUT2D eigenvalue weighted by atomic mass is 35.5. The molecule has 0 amide bonds. The Hall–Kier alpha value is -6.00. The van der Waals surface area contributed by atoms with Gasteiger partial charge in [-0.05, 0) is 155 Å². The van der Waals surface area contributed by atoms with Gasteiger partial charge < -0.3 is 0 Å². The van der Waals surface area contributed by atoms with Crippen molar-refractivity contribution in [1.82, 2.24) is 0 Å². The van der Waals surface area contributed by atoms with Gasteiger partial charge in [0.2, 0.25) is 0 Å². The number of aryl methyl sites for hydroxylation is 3. The van der Waals surface area contributed by atoms with Crippen molar-refractivity contribution >= 4 is 56.6 Å². The Kier molecular flexibility index (Phi) is 35.0. The van der Waals surface area contributed by atoms with Crippen molar-refractivity contribution in [3.8, 4) is 11.1 Å². The van der Waals surface area contributed by atoms with Gasteiger partial charge in [-0.15, -0.1) is 22.7 Å². The SMILES string of the molecule is C.C.CC(C)(C)c1ccc(-c2ccccc2)cc1.CC(C)(C)c1ccc(Cl)c(Cl)c1.CC(C)(C)c1ccc2ccccc2c1.CC(C)(C)c1ccccc1.CC(C)(C)c1cccs1.Cc1ccc(C(C)(C)C)cc1.Cc1ccc(C(C)(C)C)cc1.Cc1ccc(C(C)(C)C)s1. The van der Waals surface area contributed by atoms with Crippen molar-refractivity contribution < 1.29 is 0 Å². The van der Waals surface area contributed by atoms with E-state index in [9.17, 15) is 0 Å². The predicted molar refractivity (Wildman–Crippen MR) is 438 cm³/mol. The summed E-state index contributed by atoms with van der Waals surface area (Å²) < 4.78 is 0. The van der Waals surface area contributed by atoms with Crippen LogP contribution in [0.1, 0.15) is 240 Å². The maximum Gasteiger partial charge on any atom is 0.0595 e. The molecule has 0 fully saturated rings.